The fourth-order valence-electron chi connectivity index (χ4n) is 2.38. The van der Waals surface area contributed by atoms with Gasteiger partial charge in [-0.2, -0.15) is 0 Å². The molecule has 0 bridgehead atoms. The van der Waals surface area contributed by atoms with Gasteiger partial charge in [0.25, 0.3) is 17.0 Å². The van der Waals surface area contributed by atoms with Gasteiger partial charge in [-0.1, -0.05) is 43.1 Å². The average Bonchev–Trinajstić information content (AvgIpc) is 3.18. The first kappa shape index (κ1) is 21.4. The number of thioether (sulfide) groups is 1. The molecule has 2 aromatic heterocycles. The second-order valence-electron chi connectivity index (χ2n) is 6.24. The van der Waals surface area contributed by atoms with E-state index in [4.69, 9.17) is 25.5 Å². The van der Waals surface area contributed by atoms with E-state index in [1.165, 1.54) is 19.0 Å². The molecule has 29 heavy (non-hydrogen) atoms. The van der Waals surface area contributed by atoms with Crippen LogP contribution in [0.4, 0.5) is 4.39 Å². The Kier molecular flexibility index (Phi) is 7.71. The molecule has 0 aliphatic carbocycles. The van der Waals surface area contributed by atoms with E-state index in [9.17, 15) is 4.39 Å². The Hall–Kier alpha value is -2.32. The first-order chi connectivity index (χ1) is 14.0. The molecule has 0 aliphatic rings. The summed E-state index contributed by atoms with van der Waals surface area (Å²) in [6.45, 7) is 4.00. The molecule has 6 nitrogen and oxygen atoms in total. The number of aromatic nitrogens is 3. The number of benzene rings is 1. The molecule has 0 saturated carbocycles. The van der Waals surface area contributed by atoms with Gasteiger partial charge in [-0.15, -0.1) is 10.2 Å². The van der Waals surface area contributed by atoms with Crippen molar-refractivity contribution >= 4 is 23.4 Å². The van der Waals surface area contributed by atoms with Gasteiger partial charge < -0.3 is 13.9 Å². The van der Waals surface area contributed by atoms with E-state index in [1.54, 1.807) is 36.0 Å². The summed E-state index contributed by atoms with van der Waals surface area (Å²) in [5.74, 6) is 1.59. The van der Waals surface area contributed by atoms with Crippen LogP contribution >= 0.6 is 23.4 Å². The maximum atomic E-state index is 13.8. The predicted octanol–water partition coefficient (Wildman–Crippen LogP) is 6.47. The summed E-state index contributed by atoms with van der Waals surface area (Å²) in [5.41, 5.74) is 0. The predicted molar refractivity (Wildman–Crippen MR) is 109 cm³/mol. The number of unbranched alkanes of at least 4 members (excludes halogenated alkanes) is 2. The molecule has 0 unspecified atom stereocenters. The van der Waals surface area contributed by atoms with Crippen LogP contribution in [0, 0.1) is 5.82 Å². The topological polar surface area (TPSA) is 70.3 Å². The molecule has 0 amide bonds. The number of ether oxygens (including phenoxy) is 2. The molecule has 0 N–H and O–H groups in total. The van der Waals surface area contributed by atoms with E-state index in [-0.39, 0.29) is 10.9 Å². The van der Waals surface area contributed by atoms with E-state index < -0.39 is 11.9 Å². The van der Waals surface area contributed by atoms with Crippen LogP contribution in [0.15, 0.2) is 46.2 Å². The average molecular weight is 438 g/mol. The number of hydrogen-bond donors (Lipinski definition) is 0. The summed E-state index contributed by atoms with van der Waals surface area (Å²) in [6.07, 6.45) is 4.40. The molecule has 1 aromatic carbocycles. The van der Waals surface area contributed by atoms with Gasteiger partial charge in [-0.25, -0.2) is 9.37 Å². The van der Waals surface area contributed by atoms with E-state index in [2.05, 4.69) is 22.1 Å². The second-order valence-corrected chi connectivity index (χ2v) is 7.72. The first-order valence-corrected chi connectivity index (χ1v) is 10.6. The minimum absolute atomic E-state index is 0.147. The fraction of sp³-hybridized carbons (Fsp3) is 0.350. The molecular weight excluding hydrogens is 417 g/mol. The molecule has 3 aromatic rings. The van der Waals surface area contributed by atoms with Crippen molar-refractivity contribution in [2.75, 3.05) is 5.75 Å². The van der Waals surface area contributed by atoms with Gasteiger partial charge in [0.1, 0.15) is 11.5 Å². The van der Waals surface area contributed by atoms with Crippen molar-refractivity contribution in [1.29, 1.82) is 0 Å². The number of halogens is 2. The number of hydrogen-bond acceptors (Lipinski definition) is 7. The maximum Gasteiger partial charge on any atom is 0.276 e. The molecule has 0 radical (unpaired) electrons. The zero-order valence-corrected chi connectivity index (χ0v) is 17.7. The van der Waals surface area contributed by atoms with E-state index >= 15 is 0 Å². The lowest BCUT2D eigenvalue weighted by molar-refractivity contribution is 0.181. The van der Waals surface area contributed by atoms with Crippen molar-refractivity contribution in [3.05, 3.63) is 53.3 Å². The van der Waals surface area contributed by atoms with Crippen molar-refractivity contribution in [1.82, 2.24) is 15.2 Å². The van der Waals surface area contributed by atoms with Crippen LogP contribution in [0.5, 0.6) is 17.4 Å². The molecule has 0 saturated heterocycles. The van der Waals surface area contributed by atoms with Crippen LogP contribution in [-0.2, 0) is 0 Å². The van der Waals surface area contributed by atoms with Crippen LogP contribution in [0.1, 0.15) is 45.1 Å². The summed E-state index contributed by atoms with van der Waals surface area (Å²) < 4.78 is 30.7. The lowest BCUT2D eigenvalue weighted by Crippen LogP contribution is -2.03. The van der Waals surface area contributed by atoms with Crippen LogP contribution in [0.25, 0.3) is 0 Å². The van der Waals surface area contributed by atoms with E-state index in [0.717, 1.165) is 18.2 Å². The van der Waals surface area contributed by atoms with E-state index in [0.29, 0.717) is 22.6 Å². The molecule has 0 spiro atoms. The monoisotopic (exact) mass is 437 g/mol. The summed E-state index contributed by atoms with van der Waals surface area (Å²) in [7, 11) is 0. The van der Waals surface area contributed by atoms with Gasteiger partial charge in [0.05, 0.1) is 5.02 Å². The van der Waals surface area contributed by atoms with Gasteiger partial charge in [-0.3, -0.25) is 0 Å². The molecule has 0 fully saturated rings. The largest absolute Gasteiger partial charge is 0.481 e. The highest BCUT2D eigenvalue weighted by Gasteiger charge is 2.16. The highest BCUT2D eigenvalue weighted by molar-refractivity contribution is 7.99. The third-order valence-electron chi connectivity index (χ3n) is 3.87. The highest BCUT2D eigenvalue weighted by atomic mass is 35.5. The van der Waals surface area contributed by atoms with Gasteiger partial charge in [0.15, 0.2) is 11.9 Å². The minimum atomic E-state index is -0.633. The molecule has 154 valence electrons. The van der Waals surface area contributed by atoms with Gasteiger partial charge in [0.2, 0.25) is 0 Å². The third-order valence-corrected chi connectivity index (χ3v) is 4.98. The molecule has 9 heteroatoms. The smallest absolute Gasteiger partial charge is 0.276 e. The van der Waals surface area contributed by atoms with Gasteiger partial charge in [-0.05, 0) is 43.7 Å². The SMILES string of the molecule is CCCCCSc1nnc([C@@H](C)Oc2ccc(Oc3ncc(Cl)cc3F)cc2)o1. The number of nitrogens with zero attached hydrogens (tertiary/aromatic N) is 3. The van der Waals surface area contributed by atoms with Crippen molar-refractivity contribution in [2.45, 2.75) is 44.4 Å². The molecule has 3 rings (SSSR count). The lowest BCUT2D eigenvalue weighted by Gasteiger charge is -2.11. The number of pyridine rings is 1. The third kappa shape index (κ3) is 6.33. The lowest BCUT2D eigenvalue weighted by atomic mass is 10.3. The second kappa shape index (κ2) is 10.5. The van der Waals surface area contributed by atoms with Gasteiger partial charge in [0, 0.05) is 11.9 Å². The fourth-order valence-corrected chi connectivity index (χ4v) is 3.29. The Labute approximate surface area is 177 Å². The normalized spacial score (nSPS) is 12.0. The molecular formula is C20H21ClFN3O3S. The first-order valence-electron chi connectivity index (χ1n) is 9.27. The quantitative estimate of drug-likeness (QED) is 0.266. The molecule has 2 heterocycles. The van der Waals surface area contributed by atoms with Crippen molar-refractivity contribution in [3.63, 3.8) is 0 Å². The Morgan fingerprint density at radius 3 is 2.66 bits per heavy atom. The van der Waals surface area contributed by atoms with Gasteiger partial charge >= 0.3 is 0 Å². The van der Waals surface area contributed by atoms with Crippen molar-refractivity contribution < 1.29 is 18.3 Å². The summed E-state index contributed by atoms with van der Waals surface area (Å²) in [4.78, 5) is 3.83. The zero-order chi connectivity index (χ0) is 20.6. The summed E-state index contributed by atoms with van der Waals surface area (Å²) in [6, 6.07) is 7.86. The van der Waals surface area contributed by atoms with Crippen LogP contribution in [0.3, 0.4) is 0 Å². The summed E-state index contributed by atoms with van der Waals surface area (Å²) in [5, 5.41) is 8.85. The van der Waals surface area contributed by atoms with Crippen LogP contribution in [-0.4, -0.2) is 20.9 Å². The van der Waals surface area contributed by atoms with Crippen molar-refractivity contribution in [3.8, 4) is 17.4 Å². The van der Waals surface area contributed by atoms with Crippen LogP contribution in [0.2, 0.25) is 5.02 Å². The maximum absolute atomic E-state index is 13.8. The molecule has 0 aliphatic heterocycles. The highest BCUT2D eigenvalue weighted by Crippen LogP contribution is 2.28. The zero-order valence-electron chi connectivity index (χ0n) is 16.1. The van der Waals surface area contributed by atoms with Crippen molar-refractivity contribution in [2.24, 2.45) is 0 Å². The molecule has 1 atom stereocenters. The standard InChI is InChI=1S/C20H21ClFN3O3S/c1-3-4-5-10-29-20-25-24-18(28-20)13(2)26-15-6-8-16(9-7-15)27-19-17(22)11-14(21)12-23-19/h6-9,11-13H,3-5,10H2,1-2H3/t13-/m1/s1. The van der Waals surface area contributed by atoms with E-state index in [1.807, 2.05) is 6.92 Å². The number of rotatable bonds is 10. The van der Waals surface area contributed by atoms with Crippen LogP contribution < -0.4 is 9.47 Å². The Balaban J connectivity index is 1.54. The minimum Gasteiger partial charge on any atom is -0.481 e. The Morgan fingerprint density at radius 1 is 1.17 bits per heavy atom. The summed E-state index contributed by atoms with van der Waals surface area (Å²) >= 11 is 7.24. The Bertz CT molecular complexity index is 924. The Morgan fingerprint density at radius 2 is 1.93 bits per heavy atom.